The van der Waals surface area contributed by atoms with E-state index in [4.69, 9.17) is 10.5 Å². The fraction of sp³-hybridized carbons (Fsp3) is 1.00. The second kappa shape index (κ2) is 5.68. The average Bonchev–Trinajstić information content (AvgIpc) is 2.75. The summed E-state index contributed by atoms with van der Waals surface area (Å²) in [4.78, 5) is 2.53. The van der Waals surface area contributed by atoms with E-state index in [-0.39, 0.29) is 5.54 Å². The van der Waals surface area contributed by atoms with Crippen molar-refractivity contribution in [3.8, 4) is 0 Å². The molecule has 0 aromatic carbocycles. The third-order valence-electron chi connectivity index (χ3n) is 4.23. The summed E-state index contributed by atoms with van der Waals surface area (Å²) in [6, 6.07) is 0. The molecular weight excluding hydrogens is 212 g/mol. The van der Waals surface area contributed by atoms with Crippen molar-refractivity contribution in [2.45, 2.75) is 46.6 Å². The Morgan fingerprint density at radius 2 is 1.94 bits per heavy atom. The standard InChI is InChI=1S/C14H30N2O/c1-6-17-11-14(5,10-15)16-8-7-12(9-16)13(2,3)4/h12H,6-11,15H2,1-5H3. The molecule has 0 aromatic heterocycles. The van der Waals surface area contributed by atoms with Crippen LogP contribution in [0.25, 0.3) is 0 Å². The van der Waals surface area contributed by atoms with Crippen molar-refractivity contribution in [3.05, 3.63) is 0 Å². The monoisotopic (exact) mass is 242 g/mol. The van der Waals surface area contributed by atoms with Gasteiger partial charge < -0.3 is 10.5 Å². The van der Waals surface area contributed by atoms with Crippen molar-refractivity contribution in [2.24, 2.45) is 17.1 Å². The lowest BCUT2D eigenvalue weighted by molar-refractivity contribution is 0.0181. The molecule has 1 saturated heterocycles. The van der Waals surface area contributed by atoms with E-state index in [1.54, 1.807) is 0 Å². The number of likely N-dealkylation sites (tertiary alicyclic amines) is 1. The first-order chi connectivity index (χ1) is 7.83. The Kier molecular flexibility index (Phi) is 4.99. The highest BCUT2D eigenvalue weighted by Gasteiger charge is 2.39. The SMILES string of the molecule is CCOCC(C)(CN)N1CCC(C(C)(C)C)C1. The van der Waals surface area contributed by atoms with Gasteiger partial charge in [0, 0.05) is 19.7 Å². The Hall–Kier alpha value is -0.120. The summed E-state index contributed by atoms with van der Waals surface area (Å²) in [5.41, 5.74) is 6.37. The van der Waals surface area contributed by atoms with Crippen LogP contribution in [0.1, 0.15) is 41.0 Å². The fourth-order valence-electron chi connectivity index (χ4n) is 2.56. The van der Waals surface area contributed by atoms with Crippen LogP contribution in [-0.4, -0.2) is 43.3 Å². The first kappa shape index (κ1) is 14.9. The van der Waals surface area contributed by atoms with E-state index in [0.29, 0.717) is 12.0 Å². The second-order valence-corrected chi connectivity index (χ2v) is 6.64. The highest BCUT2D eigenvalue weighted by molar-refractivity contribution is 4.94. The predicted molar refractivity (Wildman–Crippen MR) is 73.1 cm³/mol. The summed E-state index contributed by atoms with van der Waals surface area (Å²) in [5.74, 6) is 0.773. The van der Waals surface area contributed by atoms with Crippen molar-refractivity contribution in [1.29, 1.82) is 0 Å². The van der Waals surface area contributed by atoms with Crippen LogP contribution in [0, 0.1) is 11.3 Å². The van der Waals surface area contributed by atoms with Crippen LogP contribution in [-0.2, 0) is 4.74 Å². The maximum atomic E-state index is 5.96. The van der Waals surface area contributed by atoms with Gasteiger partial charge in [-0.05, 0) is 38.1 Å². The van der Waals surface area contributed by atoms with Crippen LogP contribution >= 0.6 is 0 Å². The Labute approximate surface area is 107 Å². The Morgan fingerprint density at radius 1 is 1.29 bits per heavy atom. The summed E-state index contributed by atoms with van der Waals surface area (Å²) < 4.78 is 5.60. The molecule has 0 aliphatic carbocycles. The minimum atomic E-state index is 0.00993. The summed E-state index contributed by atoms with van der Waals surface area (Å²) in [7, 11) is 0. The molecule has 2 atom stereocenters. The summed E-state index contributed by atoms with van der Waals surface area (Å²) in [6.07, 6.45) is 1.28. The molecular formula is C14H30N2O. The molecule has 3 heteroatoms. The Balaban J connectivity index is 2.61. The molecule has 1 aliphatic heterocycles. The van der Waals surface area contributed by atoms with E-state index in [1.165, 1.54) is 6.42 Å². The van der Waals surface area contributed by atoms with Crippen molar-refractivity contribution >= 4 is 0 Å². The molecule has 0 aromatic rings. The zero-order valence-electron chi connectivity index (χ0n) is 12.3. The lowest BCUT2D eigenvalue weighted by atomic mass is 9.80. The third-order valence-corrected chi connectivity index (χ3v) is 4.23. The lowest BCUT2D eigenvalue weighted by Gasteiger charge is -2.38. The van der Waals surface area contributed by atoms with Gasteiger partial charge in [-0.2, -0.15) is 0 Å². The van der Waals surface area contributed by atoms with Gasteiger partial charge in [-0.15, -0.1) is 0 Å². The average molecular weight is 242 g/mol. The predicted octanol–water partition coefficient (Wildman–Crippen LogP) is 2.11. The van der Waals surface area contributed by atoms with E-state index in [2.05, 4.69) is 32.6 Å². The van der Waals surface area contributed by atoms with Crippen molar-refractivity contribution in [3.63, 3.8) is 0 Å². The molecule has 1 aliphatic rings. The molecule has 2 unspecified atom stereocenters. The highest BCUT2D eigenvalue weighted by Crippen LogP contribution is 2.36. The maximum absolute atomic E-state index is 5.96. The molecule has 0 bridgehead atoms. The van der Waals surface area contributed by atoms with Crippen LogP contribution in [0.2, 0.25) is 0 Å². The maximum Gasteiger partial charge on any atom is 0.0659 e. The normalized spacial score (nSPS) is 26.1. The Bertz CT molecular complexity index is 237. The molecule has 1 heterocycles. The number of hydrogen-bond donors (Lipinski definition) is 1. The number of rotatable bonds is 5. The zero-order chi connectivity index (χ0) is 13.1. The van der Waals surface area contributed by atoms with E-state index in [0.717, 1.165) is 32.2 Å². The minimum absolute atomic E-state index is 0.00993. The van der Waals surface area contributed by atoms with Gasteiger partial charge in [0.15, 0.2) is 0 Å². The molecule has 102 valence electrons. The second-order valence-electron chi connectivity index (χ2n) is 6.64. The van der Waals surface area contributed by atoms with Crippen LogP contribution in [0.4, 0.5) is 0 Å². The minimum Gasteiger partial charge on any atom is -0.380 e. The third kappa shape index (κ3) is 3.67. The number of nitrogens with zero attached hydrogens (tertiary/aromatic N) is 1. The number of nitrogens with two attached hydrogens (primary N) is 1. The first-order valence-corrected chi connectivity index (χ1v) is 6.86. The summed E-state index contributed by atoms with van der Waals surface area (Å²) in [6.45, 7) is 15.8. The fourth-order valence-corrected chi connectivity index (χ4v) is 2.56. The molecule has 1 fully saturated rings. The van der Waals surface area contributed by atoms with Crippen LogP contribution in [0.5, 0.6) is 0 Å². The van der Waals surface area contributed by atoms with Gasteiger partial charge in [-0.25, -0.2) is 0 Å². The lowest BCUT2D eigenvalue weighted by Crippen LogP contribution is -2.54. The van der Waals surface area contributed by atoms with Gasteiger partial charge in [0.1, 0.15) is 0 Å². The van der Waals surface area contributed by atoms with Gasteiger partial charge in [-0.3, -0.25) is 4.90 Å². The van der Waals surface area contributed by atoms with E-state index < -0.39 is 0 Å². The van der Waals surface area contributed by atoms with Crippen molar-refractivity contribution in [1.82, 2.24) is 4.90 Å². The summed E-state index contributed by atoms with van der Waals surface area (Å²) in [5, 5.41) is 0. The number of hydrogen-bond acceptors (Lipinski definition) is 3. The quantitative estimate of drug-likeness (QED) is 0.802. The number of ether oxygens (including phenoxy) is 1. The van der Waals surface area contributed by atoms with Crippen LogP contribution < -0.4 is 5.73 Å². The Morgan fingerprint density at radius 3 is 2.35 bits per heavy atom. The highest BCUT2D eigenvalue weighted by atomic mass is 16.5. The van der Waals surface area contributed by atoms with Crippen molar-refractivity contribution < 1.29 is 4.74 Å². The van der Waals surface area contributed by atoms with Gasteiger partial charge in [-0.1, -0.05) is 20.8 Å². The van der Waals surface area contributed by atoms with Crippen LogP contribution in [0.3, 0.4) is 0 Å². The molecule has 1 rings (SSSR count). The van der Waals surface area contributed by atoms with E-state index in [9.17, 15) is 0 Å². The molecule has 0 radical (unpaired) electrons. The molecule has 0 amide bonds. The van der Waals surface area contributed by atoms with Gasteiger partial charge >= 0.3 is 0 Å². The molecule has 0 spiro atoms. The molecule has 0 saturated carbocycles. The summed E-state index contributed by atoms with van der Waals surface area (Å²) >= 11 is 0. The molecule has 3 nitrogen and oxygen atoms in total. The van der Waals surface area contributed by atoms with Gasteiger partial charge in [0.25, 0.3) is 0 Å². The van der Waals surface area contributed by atoms with E-state index in [1.807, 2.05) is 6.92 Å². The zero-order valence-corrected chi connectivity index (χ0v) is 12.3. The van der Waals surface area contributed by atoms with Crippen LogP contribution in [0.15, 0.2) is 0 Å². The van der Waals surface area contributed by atoms with Crippen molar-refractivity contribution in [2.75, 3.05) is 32.8 Å². The molecule has 2 N–H and O–H groups in total. The van der Waals surface area contributed by atoms with Gasteiger partial charge in [0.05, 0.1) is 12.1 Å². The molecule has 17 heavy (non-hydrogen) atoms. The topological polar surface area (TPSA) is 38.5 Å². The largest absolute Gasteiger partial charge is 0.380 e. The van der Waals surface area contributed by atoms with Gasteiger partial charge in [0.2, 0.25) is 0 Å². The first-order valence-electron chi connectivity index (χ1n) is 6.86. The van der Waals surface area contributed by atoms with E-state index >= 15 is 0 Å². The smallest absolute Gasteiger partial charge is 0.0659 e.